The fourth-order valence-corrected chi connectivity index (χ4v) is 4.66. The lowest BCUT2D eigenvalue weighted by Crippen LogP contribution is -2.55. The summed E-state index contributed by atoms with van der Waals surface area (Å²) < 4.78 is 0. The molecular weight excluding hydrogens is 274 g/mol. The maximum absolute atomic E-state index is 9.34. The maximum atomic E-state index is 9.34. The Bertz CT molecular complexity index is 733. The highest BCUT2D eigenvalue weighted by atomic mass is 16.4. The third kappa shape index (κ3) is 1.83. The first kappa shape index (κ1) is 13.8. The predicted octanol–water partition coefficient (Wildman–Crippen LogP) is 3.55. The van der Waals surface area contributed by atoms with Crippen molar-refractivity contribution in [1.29, 1.82) is 0 Å². The molecule has 2 unspecified atom stereocenters. The quantitative estimate of drug-likeness (QED) is 0.428. The van der Waals surface area contributed by atoms with Gasteiger partial charge in [0, 0.05) is 29.1 Å². The number of oxime groups is 1. The lowest BCUT2D eigenvalue weighted by Gasteiger charge is -2.47. The van der Waals surface area contributed by atoms with Crippen LogP contribution >= 0.6 is 0 Å². The minimum atomic E-state index is -0.0961. The van der Waals surface area contributed by atoms with Crippen LogP contribution in [0.1, 0.15) is 43.9 Å². The van der Waals surface area contributed by atoms with Gasteiger partial charge in [-0.2, -0.15) is 0 Å². The molecule has 0 bridgehead atoms. The van der Waals surface area contributed by atoms with E-state index >= 15 is 0 Å². The van der Waals surface area contributed by atoms with E-state index in [1.165, 1.54) is 35.0 Å². The monoisotopic (exact) mass is 297 g/mol. The van der Waals surface area contributed by atoms with Gasteiger partial charge in [-0.15, -0.1) is 0 Å². The lowest BCUT2D eigenvalue weighted by molar-refractivity contribution is 0.169. The minimum Gasteiger partial charge on any atom is -0.411 e. The fraction of sp³-hybridized carbons (Fsp3) is 0.500. The number of hydrogen-bond donors (Lipinski definition) is 3. The van der Waals surface area contributed by atoms with E-state index in [0.29, 0.717) is 0 Å². The molecule has 0 saturated heterocycles. The molecule has 116 valence electrons. The van der Waals surface area contributed by atoms with Crippen molar-refractivity contribution in [1.82, 2.24) is 10.3 Å². The fourth-order valence-electron chi connectivity index (χ4n) is 4.66. The Labute approximate surface area is 130 Å². The van der Waals surface area contributed by atoms with E-state index in [0.717, 1.165) is 31.5 Å². The highest BCUT2D eigenvalue weighted by Gasteiger charge is 2.47. The number of hydrogen-bond acceptors (Lipinski definition) is 3. The molecule has 1 aromatic heterocycles. The molecule has 0 amide bonds. The topological polar surface area (TPSA) is 60.4 Å². The summed E-state index contributed by atoms with van der Waals surface area (Å²) in [6, 6.07) is 8.58. The molecule has 4 heteroatoms. The molecule has 4 nitrogen and oxygen atoms in total. The normalized spacial score (nSPS) is 29.0. The Balaban J connectivity index is 1.93. The summed E-state index contributed by atoms with van der Waals surface area (Å²) >= 11 is 0. The average molecular weight is 297 g/mol. The third-order valence-corrected chi connectivity index (χ3v) is 5.65. The van der Waals surface area contributed by atoms with E-state index in [1.807, 2.05) is 6.92 Å². The van der Waals surface area contributed by atoms with Crippen LogP contribution in [-0.2, 0) is 12.0 Å². The minimum absolute atomic E-state index is 0.0961. The van der Waals surface area contributed by atoms with Crippen LogP contribution in [0.3, 0.4) is 0 Å². The van der Waals surface area contributed by atoms with Gasteiger partial charge in [0.05, 0.1) is 11.3 Å². The van der Waals surface area contributed by atoms with Gasteiger partial charge in [0.1, 0.15) is 0 Å². The van der Waals surface area contributed by atoms with Crippen molar-refractivity contribution in [2.75, 3.05) is 6.54 Å². The van der Waals surface area contributed by atoms with Crippen LogP contribution in [0, 0.1) is 5.92 Å². The van der Waals surface area contributed by atoms with Crippen LogP contribution in [0.4, 0.5) is 0 Å². The molecule has 1 aliphatic carbocycles. The van der Waals surface area contributed by atoms with Gasteiger partial charge in [0.2, 0.25) is 0 Å². The van der Waals surface area contributed by atoms with Crippen LogP contribution in [0.15, 0.2) is 29.4 Å². The molecule has 2 aliphatic rings. The van der Waals surface area contributed by atoms with Crippen molar-refractivity contribution >= 4 is 16.6 Å². The second-order valence-corrected chi connectivity index (χ2v) is 6.71. The Kier molecular flexibility index (Phi) is 3.22. The zero-order valence-electron chi connectivity index (χ0n) is 13.0. The van der Waals surface area contributed by atoms with Crippen molar-refractivity contribution in [3.05, 3.63) is 35.5 Å². The van der Waals surface area contributed by atoms with E-state index in [1.54, 1.807) is 0 Å². The lowest BCUT2D eigenvalue weighted by atomic mass is 9.66. The van der Waals surface area contributed by atoms with Crippen molar-refractivity contribution in [3.8, 4) is 0 Å². The second kappa shape index (κ2) is 5.13. The molecule has 2 heterocycles. The number of aromatic nitrogens is 1. The summed E-state index contributed by atoms with van der Waals surface area (Å²) in [5.74, 6) is 0.262. The van der Waals surface area contributed by atoms with Gasteiger partial charge < -0.3 is 15.5 Å². The molecular formula is C18H23N3O. The zero-order chi connectivity index (χ0) is 15.2. The standard InChI is InChI=1S/C18H23N3O/c1-12(21-22)15-7-4-5-10-18(15)17-14(9-11-19-18)13-6-2-3-8-16(13)20-17/h2-3,6,8,15,19-20,22H,4-5,7,9-11H2,1H3/b21-12+. The molecule has 1 aromatic carbocycles. The summed E-state index contributed by atoms with van der Waals surface area (Å²) in [5, 5.41) is 18.0. The molecule has 1 aliphatic heterocycles. The molecule has 0 radical (unpaired) electrons. The molecule has 4 rings (SSSR count). The van der Waals surface area contributed by atoms with Gasteiger partial charge in [-0.25, -0.2) is 0 Å². The van der Waals surface area contributed by atoms with E-state index < -0.39 is 0 Å². The van der Waals surface area contributed by atoms with Crippen molar-refractivity contribution in [2.24, 2.45) is 11.1 Å². The maximum Gasteiger partial charge on any atom is 0.0672 e. The van der Waals surface area contributed by atoms with Crippen molar-refractivity contribution in [3.63, 3.8) is 0 Å². The van der Waals surface area contributed by atoms with Crippen LogP contribution in [0.25, 0.3) is 10.9 Å². The van der Waals surface area contributed by atoms with Gasteiger partial charge in [-0.05, 0) is 37.8 Å². The number of rotatable bonds is 1. The van der Waals surface area contributed by atoms with Gasteiger partial charge in [-0.1, -0.05) is 36.2 Å². The Morgan fingerprint density at radius 3 is 3.05 bits per heavy atom. The van der Waals surface area contributed by atoms with E-state index in [-0.39, 0.29) is 11.5 Å². The zero-order valence-corrected chi connectivity index (χ0v) is 13.0. The smallest absolute Gasteiger partial charge is 0.0672 e. The van der Waals surface area contributed by atoms with E-state index in [4.69, 9.17) is 0 Å². The molecule has 1 fully saturated rings. The number of benzene rings is 1. The molecule has 22 heavy (non-hydrogen) atoms. The first-order chi connectivity index (χ1) is 10.8. The summed E-state index contributed by atoms with van der Waals surface area (Å²) in [6.45, 7) is 2.94. The van der Waals surface area contributed by atoms with Crippen molar-refractivity contribution in [2.45, 2.75) is 44.6 Å². The highest BCUT2D eigenvalue weighted by Crippen LogP contribution is 2.46. The number of aromatic amines is 1. The first-order valence-electron chi connectivity index (χ1n) is 8.30. The Morgan fingerprint density at radius 2 is 2.18 bits per heavy atom. The Hall–Kier alpha value is -1.81. The number of H-pyrrole nitrogens is 1. The Morgan fingerprint density at radius 1 is 1.32 bits per heavy atom. The molecule has 2 aromatic rings. The summed E-state index contributed by atoms with van der Waals surface area (Å²) in [6.07, 6.45) is 5.67. The van der Waals surface area contributed by atoms with Gasteiger partial charge in [0.15, 0.2) is 0 Å². The second-order valence-electron chi connectivity index (χ2n) is 6.71. The molecule has 1 spiro atoms. The number of fused-ring (bicyclic) bond motifs is 4. The van der Waals surface area contributed by atoms with Crippen LogP contribution in [0.5, 0.6) is 0 Å². The van der Waals surface area contributed by atoms with E-state index in [9.17, 15) is 5.21 Å². The van der Waals surface area contributed by atoms with Gasteiger partial charge in [-0.3, -0.25) is 0 Å². The summed E-state index contributed by atoms with van der Waals surface area (Å²) in [7, 11) is 0. The van der Waals surface area contributed by atoms with Crippen LogP contribution in [0.2, 0.25) is 0 Å². The number of nitrogens with one attached hydrogen (secondary N) is 2. The largest absolute Gasteiger partial charge is 0.411 e. The SMILES string of the molecule is C/C(=N\O)C1CCCCC12NCCc1c2[nH]c2ccccc12. The third-order valence-electron chi connectivity index (χ3n) is 5.65. The average Bonchev–Trinajstić information content (AvgIpc) is 2.95. The van der Waals surface area contributed by atoms with Crippen molar-refractivity contribution < 1.29 is 5.21 Å². The molecule has 2 atom stereocenters. The van der Waals surface area contributed by atoms with Crippen LogP contribution in [-0.4, -0.2) is 22.4 Å². The number of para-hydroxylation sites is 1. The predicted molar refractivity (Wildman–Crippen MR) is 88.5 cm³/mol. The first-order valence-corrected chi connectivity index (χ1v) is 8.30. The summed E-state index contributed by atoms with van der Waals surface area (Å²) in [4.78, 5) is 3.69. The molecule has 3 N–H and O–H groups in total. The highest BCUT2D eigenvalue weighted by molar-refractivity contribution is 5.88. The molecule has 1 saturated carbocycles. The van der Waals surface area contributed by atoms with Crippen LogP contribution < -0.4 is 5.32 Å². The van der Waals surface area contributed by atoms with E-state index in [2.05, 4.69) is 39.7 Å². The van der Waals surface area contributed by atoms with Gasteiger partial charge in [0.25, 0.3) is 0 Å². The van der Waals surface area contributed by atoms with Gasteiger partial charge >= 0.3 is 0 Å². The number of nitrogens with zero attached hydrogens (tertiary/aromatic N) is 1. The summed E-state index contributed by atoms with van der Waals surface area (Å²) in [5.41, 5.74) is 4.75.